The number of carboxylic acid groups (broad SMARTS) is 1. The van der Waals surface area contributed by atoms with E-state index < -0.39 is 17.7 Å². The monoisotopic (exact) mass is 512 g/mol. The number of amides is 1. The van der Waals surface area contributed by atoms with E-state index in [-0.39, 0.29) is 17.6 Å². The molecule has 0 spiro atoms. The van der Waals surface area contributed by atoms with Gasteiger partial charge in [-0.25, -0.2) is 19.7 Å². The van der Waals surface area contributed by atoms with Gasteiger partial charge in [-0.05, 0) is 49.2 Å². The summed E-state index contributed by atoms with van der Waals surface area (Å²) in [7, 11) is 0. The van der Waals surface area contributed by atoms with Crippen molar-refractivity contribution in [3.8, 4) is 0 Å². The zero-order valence-corrected chi connectivity index (χ0v) is 19.6. The largest absolute Gasteiger partial charge is 0.477 e. The predicted molar refractivity (Wildman–Crippen MR) is 126 cm³/mol. The van der Waals surface area contributed by atoms with Crippen LogP contribution in [0.1, 0.15) is 50.5 Å². The summed E-state index contributed by atoms with van der Waals surface area (Å²) in [4.78, 5) is 40.7. The van der Waals surface area contributed by atoms with Crippen LogP contribution in [-0.2, 0) is 19.3 Å². The smallest absolute Gasteiger partial charge is 0.416 e. The lowest BCUT2D eigenvalue weighted by Crippen LogP contribution is -2.45. The molecular weight excluding hydrogens is 489 g/mol. The maximum absolute atomic E-state index is 12.8. The molecule has 1 fully saturated rings. The molecule has 3 aromatic rings. The molecule has 2 aliphatic heterocycles. The number of anilines is 2. The van der Waals surface area contributed by atoms with Crippen molar-refractivity contribution in [2.45, 2.75) is 38.1 Å². The molecule has 4 heterocycles. The van der Waals surface area contributed by atoms with E-state index in [9.17, 15) is 22.8 Å². The van der Waals surface area contributed by atoms with Gasteiger partial charge in [0.1, 0.15) is 5.69 Å². The number of alkyl halides is 3. The molecule has 0 bridgehead atoms. The normalized spacial score (nSPS) is 16.5. The third-order valence-electron chi connectivity index (χ3n) is 6.64. The molecule has 1 saturated heterocycles. The summed E-state index contributed by atoms with van der Waals surface area (Å²) in [5.41, 5.74) is 1.74. The van der Waals surface area contributed by atoms with Gasteiger partial charge in [-0.15, -0.1) is 0 Å². The number of benzene rings is 1. The van der Waals surface area contributed by atoms with Crippen molar-refractivity contribution in [2.24, 2.45) is 0 Å². The molecule has 0 unspecified atom stereocenters. The number of hydrogen-bond donors (Lipinski definition) is 2. The number of aromatic nitrogens is 3. The van der Waals surface area contributed by atoms with Crippen LogP contribution in [0, 0.1) is 0 Å². The van der Waals surface area contributed by atoms with Gasteiger partial charge >= 0.3 is 12.1 Å². The van der Waals surface area contributed by atoms with Crippen LogP contribution in [-0.4, -0.2) is 60.9 Å². The molecule has 1 aromatic carbocycles. The van der Waals surface area contributed by atoms with Crippen LogP contribution in [0.15, 0.2) is 48.8 Å². The summed E-state index contributed by atoms with van der Waals surface area (Å²) in [5, 5.41) is 12.1. The number of rotatable bonds is 5. The van der Waals surface area contributed by atoms with Gasteiger partial charge in [-0.3, -0.25) is 9.69 Å². The maximum atomic E-state index is 12.8. The molecule has 0 aliphatic carbocycles. The van der Waals surface area contributed by atoms with Crippen molar-refractivity contribution in [1.29, 1.82) is 0 Å². The molecule has 12 heteroatoms. The van der Waals surface area contributed by atoms with Crippen molar-refractivity contribution >= 4 is 23.5 Å². The molecule has 9 nitrogen and oxygen atoms in total. The van der Waals surface area contributed by atoms with Gasteiger partial charge in [-0.2, -0.15) is 13.2 Å². The number of likely N-dealkylation sites (tertiary alicyclic amines) is 1. The number of carboxylic acids is 1. The van der Waals surface area contributed by atoms with Crippen molar-refractivity contribution in [2.75, 3.05) is 18.4 Å². The van der Waals surface area contributed by atoms with Crippen LogP contribution in [0.4, 0.5) is 24.8 Å². The second-order valence-electron chi connectivity index (χ2n) is 9.03. The van der Waals surface area contributed by atoms with E-state index in [1.165, 1.54) is 30.5 Å². The fraction of sp³-hybridized carbons (Fsp3) is 0.320. The zero-order valence-electron chi connectivity index (χ0n) is 19.6. The van der Waals surface area contributed by atoms with Crippen molar-refractivity contribution < 1.29 is 27.9 Å². The van der Waals surface area contributed by atoms with Crippen LogP contribution in [0.2, 0.25) is 0 Å². The Bertz CT molecular complexity index is 1320. The number of piperidine rings is 1. The molecule has 2 N–H and O–H groups in total. The standard InChI is InChI=1S/C25H23F3N6O3/c26-25(27,28)17-1-3-18(4-2-17)31-24-30-12-16-13-34(14-21(16)32-24)19-6-9-33(10-7-19)22(35)15-5-8-29-20(11-15)23(36)37/h1-5,8,11-12,19H,6-7,9-10,13-14H2,(H,36,37)(H,30,31,32). The van der Waals surface area contributed by atoms with Crippen LogP contribution < -0.4 is 5.32 Å². The number of nitrogens with one attached hydrogen (secondary N) is 1. The topological polar surface area (TPSA) is 112 Å². The number of aromatic carboxylic acids is 1. The highest BCUT2D eigenvalue weighted by molar-refractivity contribution is 5.96. The summed E-state index contributed by atoms with van der Waals surface area (Å²) < 4.78 is 38.3. The lowest BCUT2D eigenvalue weighted by Gasteiger charge is -2.36. The van der Waals surface area contributed by atoms with Crippen LogP contribution in [0.25, 0.3) is 0 Å². The molecule has 1 amide bonds. The first kappa shape index (κ1) is 24.6. The van der Waals surface area contributed by atoms with E-state index in [2.05, 4.69) is 25.2 Å². The van der Waals surface area contributed by atoms with Gasteiger partial charge in [0.15, 0.2) is 0 Å². The van der Waals surface area contributed by atoms with Gasteiger partial charge in [0.05, 0.1) is 11.3 Å². The quantitative estimate of drug-likeness (QED) is 0.529. The minimum Gasteiger partial charge on any atom is -0.477 e. The number of pyridine rings is 1. The molecule has 2 aromatic heterocycles. The number of carbonyl (C=O) groups excluding carboxylic acids is 1. The summed E-state index contributed by atoms with van der Waals surface area (Å²) in [6.07, 6.45) is 0.198. The van der Waals surface area contributed by atoms with E-state index in [0.717, 1.165) is 36.2 Å². The number of carbonyl (C=O) groups is 2. The second-order valence-corrected chi connectivity index (χ2v) is 9.03. The second kappa shape index (κ2) is 9.77. The Morgan fingerprint density at radius 1 is 1.03 bits per heavy atom. The minimum atomic E-state index is -4.39. The van der Waals surface area contributed by atoms with Gasteiger partial charge in [0.2, 0.25) is 5.95 Å². The lowest BCUT2D eigenvalue weighted by molar-refractivity contribution is -0.137. The average molecular weight is 512 g/mol. The highest BCUT2D eigenvalue weighted by atomic mass is 19.4. The molecule has 2 aliphatic rings. The Balaban J connectivity index is 1.17. The Hall–Kier alpha value is -4.06. The molecule has 37 heavy (non-hydrogen) atoms. The summed E-state index contributed by atoms with van der Waals surface area (Å²) in [6.45, 7) is 2.40. The van der Waals surface area contributed by atoms with Gasteiger partial charge in [0, 0.05) is 61.4 Å². The minimum absolute atomic E-state index is 0.163. The highest BCUT2D eigenvalue weighted by Crippen LogP contribution is 2.31. The van der Waals surface area contributed by atoms with Crippen molar-refractivity contribution in [3.05, 3.63) is 76.9 Å². The summed E-state index contributed by atoms with van der Waals surface area (Å²) in [5.74, 6) is -1.07. The lowest BCUT2D eigenvalue weighted by atomic mass is 10.0. The number of hydrogen-bond acceptors (Lipinski definition) is 7. The molecular formula is C25H23F3N6O3. The van der Waals surface area contributed by atoms with Crippen LogP contribution in [0.5, 0.6) is 0 Å². The summed E-state index contributed by atoms with van der Waals surface area (Å²) in [6, 6.07) is 7.76. The average Bonchev–Trinajstić information content (AvgIpc) is 3.32. The SMILES string of the molecule is O=C(O)c1cc(C(=O)N2CCC(N3Cc4cnc(Nc5ccc(C(F)(F)F)cc5)nc4C3)CC2)ccn1. The van der Waals surface area contributed by atoms with Crippen molar-refractivity contribution in [3.63, 3.8) is 0 Å². The summed E-state index contributed by atoms with van der Waals surface area (Å²) >= 11 is 0. The first-order valence-corrected chi connectivity index (χ1v) is 11.7. The van der Waals surface area contributed by atoms with E-state index in [0.29, 0.717) is 43.4 Å². The molecule has 0 radical (unpaired) electrons. The third-order valence-corrected chi connectivity index (χ3v) is 6.64. The molecule has 5 rings (SSSR count). The van der Waals surface area contributed by atoms with Crippen molar-refractivity contribution in [1.82, 2.24) is 24.8 Å². The first-order valence-electron chi connectivity index (χ1n) is 11.7. The Labute approximate surface area is 210 Å². The Kier molecular flexibility index (Phi) is 6.50. The van der Waals surface area contributed by atoms with Crippen LogP contribution >= 0.6 is 0 Å². The maximum Gasteiger partial charge on any atom is 0.416 e. The third kappa shape index (κ3) is 5.38. The first-order chi connectivity index (χ1) is 17.7. The molecule has 0 saturated carbocycles. The number of halogens is 3. The highest BCUT2D eigenvalue weighted by Gasteiger charge is 2.32. The number of fused-ring (bicyclic) bond motifs is 1. The Morgan fingerprint density at radius 3 is 2.43 bits per heavy atom. The van der Waals surface area contributed by atoms with Gasteiger partial charge in [-0.1, -0.05) is 0 Å². The van der Waals surface area contributed by atoms with E-state index in [4.69, 9.17) is 5.11 Å². The van der Waals surface area contributed by atoms with E-state index in [1.54, 1.807) is 11.1 Å². The molecule has 192 valence electrons. The number of nitrogens with zero attached hydrogens (tertiary/aromatic N) is 5. The van der Waals surface area contributed by atoms with Gasteiger partial charge < -0.3 is 15.3 Å². The van der Waals surface area contributed by atoms with Crippen LogP contribution in [0.3, 0.4) is 0 Å². The fourth-order valence-electron chi connectivity index (χ4n) is 4.67. The van der Waals surface area contributed by atoms with E-state index >= 15 is 0 Å². The fourth-order valence-corrected chi connectivity index (χ4v) is 4.67. The zero-order chi connectivity index (χ0) is 26.2. The molecule has 0 atom stereocenters. The predicted octanol–water partition coefficient (Wildman–Crippen LogP) is 3.95. The van der Waals surface area contributed by atoms with E-state index in [1.807, 2.05) is 0 Å². The Morgan fingerprint density at radius 2 is 1.76 bits per heavy atom. The van der Waals surface area contributed by atoms with Gasteiger partial charge in [0.25, 0.3) is 5.91 Å².